The van der Waals surface area contributed by atoms with Crippen LogP contribution in [0.5, 0.6) is 5.75 Å². The first kappa shape index (κ1) is 17.5. The lowest BCUT2D eigenvalue weighted by Gasteiger charge is -2.14. The van der Waals surface area contributed by atoms with Gasteiger partial charge in [0.15, 0.2) is 9.84 Å². The second-order valence-electron chi connectivity index (χ2n) is 6.56. The maximum Gasteiger partial charge on any atom is 0.255 e. The Morgan fingerprint density at radius 3 is 2.81 bits per heavy atom. The molecule has 1 atom stereocenters. The second-order valence-corrected chi connectivity index (χ2v) is 8.79. The second kappa shape index (κ2) is 7.03. The Kier molecular flexibility index (Phi) is 4.57. The van der Waals surface area contributed by atoms with E-state index in [9.17, 15) is 13.2 Å². The number of para-hydroxylation sites is 1. The molecule has 4 rings (SSSR count). The zero-order valence-corrected chi connectivity index (χ0v) is 15.4. The minimum Gasteiger partial charge on any atom is -0.486 e. The van der Waals surface area contributed by atoms with Crippen molar-refractivity contribution >= 4 is 21.4 Å². The third kappa shape index (κ3) is 3.95. The van der Waals surface area contributed by atoms with Gasteiger partial charge in [0.05, 0.1) is 22.8 Å². The van der Waals surface area contributed by atoms with Crippen molar-refractivity contribution in [2.24, 2.45) is 0 Å². The van der Waals surface area contributed by atoms with Gasteiger partial charge in [-0.1, -0.05) is 18.2 Å². The standard InChI is InChI=1S/C19H19N3O4S/c23-19(21-14-8-10-27(24,25)13-14)16-5-1-2-6-17(16)26-12-15-11-22-9-4-3-7-18(22)20-15/h1-7,9,11,14H,8,10,12-13H2,(H,21,23)/t14-/m0/s1. The first-order chi connectivity index (χ1) is 13.0. The zero-order valence-electron chi connectivity index (χ0n) is 14.5. The number of carbonyl (C=O) groups is 1. The van der Waals surface area contributed by atoms with Crippen molar-refractivity contribution in [3.8, 4) is 5.75 Å². The van der Waals surface area contributed by atoms with Crippen LogP contribution in [0.25, 0.3) is 5.65 Å². The Hall–Kier alpha value is -2.87. The molecule has 8 heteroatoms. The molecule has 1 fully saturated rings. The molecule has 1 amide bonds. The number of hydrogen-bond donors (Lipinski definition) is 1. The Bertz CT molecular complexity index is 1060. The van der Waals surface area contributed by atoms with E-state index in [-0.39, 0.29) is 30.1 Å². The zero-order chi connectivity index (χ0) is 18.9. The van der Waals surface area contributed by atoms with Crippen molar-refractivity contribution in [1.82, 2.24) is 14.7 Å². The number of ether oxygens (including phenoxy) is 1. The summed E-state index contributed by atoms with van der Waals surface area (Å²) in [5.41, 5.74) is 1.95. The van der Waals surface area contributed by atoms with Gasteiger partial charge < -0.3 is 14.5 Å². The quantitative estimate of drug-likeness (QED) is 0.724. The number of amides is 1. The number of fused-ring (bicyclic) bond motifs is 1. The molecule has 1 aliphatic rings. The van der Waals surface area contributed by atoms with Gasteiger partial charge in [0, 0.05) is 18.4 Å². The van der Waals surface area contributed by atoms with Gasteiger partial charge in [-0.15, -0.1) is 0 Å². The number of carbonyl (C=O) groups excluding carboxylic acids is 1. The highest BCUT2D eigenvalue weighted by atomic mass is 32.2. The number of nitrogens with zero attached hydrogens (tertiary/aromatic N) is 2. The van der Waals surface area contributed by atoms with Crippen molar-refractivity contribution < 1.29 is 17.9 Å². The molecule has 27 heavy (non-hydrogen) atoms. The van der Waals surface area contributed by atoms with Crippen molar-refractivity contribution in [3.05, 3.63) is 66.1 Å². The Morgan fingerprint density at radius 2 is 2.04 bits per heavy atom. The average molecular weight is 385 g/mol. The molecule has 0 saturated carbocycles. The van der Waals surface area contributed by atoms with Gasteiger partial charge in [0.2, 0.25) is 0 Å². The van der Waals surface area contributed by atoms with Gasteiger partial charge in [-0.3, -0.25) is 4.79 Å². The maximum absolute atomic E-state index is 12.6. The largest absolute Gasteiger partial charge is 0.486 e. The van der Waals surface area contributed by atoms with E-state index in [1.807, 2.05) is 35.0 Å². The summed E-state index contributed by atoms with van der Waals surface area (Å²) in [6.45, 7) is 0.226. The molecule has 3 aromatic rings. The summed E-state index contributed by atoms with van der Waals surface area (Å²) in [5.74, 6) is 0.211. The molecule has 2 aromatic heterocycles. The van der Waals surface area contributed by atoms with Crippen LogP contribution in [-0.2, 0) is 16.4 Å². The summed E-state index contributed by atoms with van der Waals surface area (Å²) in [7, 11) is -3.05. The highest BCUT2D eigenvalue weighted by molar-refractivity contribution is 7.91. The van der Waals surface area contributed by atoms with Crippen molar-refractivity contribution in [2.45, 2.75) is 19.1 Å². The summed E-state index contributed by atoms with van der Waals surface area (Å²) in [5, 5.41) is 2.79. The lowest BCUT2D eigenvalue weighted by Crippen LogP contribution is -2.35. The lowest BCUT2D eigenvalue weighted by molar-refractivity contribution is 0.0936. The van der Waals surface area contributed by atoms with E-state index in [4.69, 9.17) is 4.74 Å². The third-order valence-corrected chi connectivity index (χ3v) is 6.26. The first-order valence-electron chi connectivity index (χ1n) is 8.66. The van der Waals surface area contributed by atoms with E-state index < -0.39 is 9.84 Å². The van der Waals surface area contributed by atoms with E-state index in [2.05, 4.69) is 10.3 Å². The number of nitrogens with one attached hydrogen (secondary N) is 1. The fourth-order valence-corrected chi connectivity index (χ4v) is 4.83. The van der Waals surface area contributed by atoms with Crippen molar-refractivity contribution in [3.63, 3.8) is 0 Å². The molecule has 7 nitrogen and oxygen atoms in total. The van der Waals surface area contributed by atoms with Gasteiger partial charge in [-0.05, 0) is 30.7 Å². The van der Waals surface area contributed by atoms with Crippen LogP contribution >= 0.6 is 0 Å². The van der Waals surface area contributed by atoms with Crippen LogP contribution in [0.1, 0.15) is 22.5 Å². The molecular weight excluding hydrogens is 366 g/mol. The molecule has 3 heterocycles. The van der Waals surface area contributed by atoms with Crippen LogP contribution in [0.15, 0.2) is 54.9 Å². The summed E-state index contributed by atoms with van der Waals surface area (Å²) in [4.78, 5) is 17.1. The molecule has 0 bridgehead atoms. The first-order valence-corrected chi connectivity index (χ1v) is 10.5. The van der Waals surface area contributed by atoms with Gasteiger partial charge in [0.1, 0.15) is 18.0 Å². The fraction of sp³-hybridized carbons (Fsp3) is 0.263. The van der Waals surface area contributed by atoms with E-state index in [1.54, 1.807) is 24.3 Å². The number of sulfone groups is 1. The van der Waals surface area contributed by atoms with Crippen molar-refractivity contribution in [1.29, 1.82) is 0 Å². The van der Waals surface area contributed by atoms with Crippen LogP contribution in [0.2, 0.25) is 0 Å². The predicted octanol–water partition coefficient (Wildman–Crippen LogP) is 1.83. The van der Waals surface area contributed by atoms with Gasteiger partial charge in [-0.25, -0.2) is 13.4 Å². The minimum atomic E-state index is -3.05. The summed E-state index contributed by atoms with van der Waals surface area (Å²) >= 11 is 0. The summed E-state index contributed by atoms with van der Waals surface area (Å²) in [6.07, 6.45) is 4.22. The molecule has 140 valence electrons. The molecule has 0 unspecified atom stereocenters. The van der Waals surface area contributed by atoms with E-state index >= 15 is 0 Å². The summed E-state index contributed by atoms with van der Waals surface area (Å²) < 4.78 is 30.9. The highest BCUT2D eigenvalue weighted by Gasteiger charge is 2.29. The normalized spacial score (nSPS) is 18.4. The molecule has 1 aromatic carbocycles. The fourth-order valence-electron chi connectivity index (χ4n) is 3.16. The molecule has 1 saturated heterocycles. The number of hydrogen-bond acceptors (Lipinski definition) is 5. The van der Waals surface area contributed by atoms with Gasteiger partial charge in [0.25, 0.3) is 5.91 Å². The average Bonchev–Trinajstić information content (AvgIpc) is 3.22. The molecule has 0 aliphatic carbocycles. The third-order valence-electron chi connectivity index (χ3n) is 4.49. The van der Waals surface area contributed by atoms with Crippen LogP contribution in [0, 0.1) is 0 Å². The van der Waals surface area contributed by atoms with Crippen molar-refractivity contribution in [2.75, 3.05) is 11.5 Å². The van der Waals surface area contributed by atoms with E-state index in [1.165, 1.54) is 0 Å². The topological polar surface area (TPSA) is 89.8 Å². The van der Waals surface area contributed by atoms with Crippen LogP contribution in [0.3, 0.4) is 0 Å². The highest BCUT2D eigenvalue weighted by Crippen LogP contribution is 2.21. The number of pyridine rings is 1. The van der Waals surface area contributed by atoms with Gasteiger partial charge in [-0.2, -0.15) is 0 Å². The molecule has 1 N–H and O–H groups in total. The number of rotatable bonds is 5. The lowest BCUT2D eigenvalue weighted by atomic mass is 10.1. The number of aromatic nitrogens is 2. The molecular formula is C19H19N3O4S. The van der Waals surface area contributed by atoms with E-state index in [0.717, 1.165) is 11.3 Å². The smallest absolute Gasteiger partial charge is 0.255 e. The number of imidazole rings is 1. The molecule has 1 aliphatic heterocycles. The van der Waals surface area contributed by atoms with Gasteiger partial charge >= 0.3 is 0 Å². The Labute approximate surface area is 156 Å². The van der Waals surface area contributed by atoms with E-state index in [0.29, 0.717) is 17.7 Å². The monoisotopic (exact) mass is 385 g/mol. The van der Waals surface area contributed by atoms with Crippen LogP contribution in [0.4, 0.5) is 0 Å². The van der Waals surface area contributed by atoms with Crippen LogP contribution in [-0.4, -0.2) is 41.3 Å². The molecule has 0 spiro atoms. The predicted molar refractivity (Wildman–Crippen MR) is 100 cm³/mol. The Balaban J connectivity index is 1.46. The maximum atomic E-state index is 12.6. The molecule has 0 radical (unpaired) electrons. The summed E-state index contributed by atoms with van der Waals surface area (Å²) in [6, 6.07) is 12.3. The number of benzene rings is 1. The SMILES string of the molecule is O=C(N[C@H]1CCS(=O)(=O)C1)c1ccccc1OCc1cn2ccccc2n1. The Morgan fingerprint density at radius 1 is 1.22 bits per heavy atom. The minimum absolute atomic E-state index is 0.0109. The van der Waals surface area contributed by atoms with Crippen LogP contribution < -0.4 is 10.1 Å².